The maximum atomic E-state index is 8.56. The zero-order chi connectivity index (χ0) is 9.68. The van der Waals surface area contributed by atoms with Crippen molar-refractivity contribution < 1.29 is 5.11 Å². The number of hydrogen-bond donors (Lipinski definition) is 2. The minimum Gasteiger partial charge on any atom is -0.396 e. The molecule has 0 radical (unpaired) electrons. The average molecular weight is 243 g/mol. The van der Waals surface area contributed by atoms with Crippen molar-refractivity contribution in [2.75, 3.05) is 12.3 Å². The lowest BCUT2D eigenvalue weighted by molar-refractivity contribution is 0.303. The zero-order valence-corrected chi connectivity index (χ0v) is 8.66. The van der Waals surface area contributed by atoms with E-state index in [1.165, 1.54) is 0 Å². The highest BCUT2D eigenvalue weighted by Gasteiger charge is 1.96. The molecule has 3 N–H and O–H groups in total. The summed E-state index contributed by atoms with van der Waals surface area (Å²) in [5.74, 6) is 0.498. The van der Waals surface area contributed by atoms with Gasteiger partial charge in [-0.1, -0.05) is 12.2 Å². The van der Waals surface area contributed by atoms with Gasteiger partial charge >= 0.3 is 0 Å². The first-order chi connectivity index (χ1) is 6.24. The summed E-state index contributed by atoms with van der Waals surface area (Å²) in [7, 11) is 0. The predicted molar refractivity (Wildman–Crippen MR) is 57.1 cm³/mol. The Balaban J connectivity index is 2.81. The molecule has 0 amide bonds. The van der Waals surface area contributed by atoms with Gasteiger partial charge in [-0.15, -0.1) is 0 Å². The van der Waals surface area contributed by atoms with Crippen LogP contribution in [0.15, 0.2) is 22.8 Å². The molecule has 0 aromatic carbocycles. The Kier molecular flexibility index (Phi) is 3.92. The smallest absolute Gasteiger partial charge is 0.130 e. The summed E-state index contributed by atoms with van der Waals surface area (Å²) in [5, 5.41) is 8.56. The van der Waals surface area contributed by atoms with Gasteiger partial charge in [-0.25, -0.2) is 4.98 Å². The third kappa shape index (κ3) is 3.16. The van der Waals surface area contributed by atoms with E-state index in [1.54, 1.807) is 6.20 Å². The minimum absolute atomic E-state index is 0.151. The summed E-state index contributed by atoms with van der Waals surface area (Å²) in [4.78, 5) is 3.97. The molecule has 0 aliphatic carbocycles. The first-order valence-electron chi connectivity index (χ1n) is 3.92. The summed E-state index contributed by atoms with van der Waals surface area (Å²) < 4.78 is 0.894. The van der Waals surface area contributed by atoms with E-state index in [-0.39, 0.29) is 6.61 Å². The van der Waals surface area contributed by atoms with Crippen LogP contribution in [-0.4, -0.2) is 16.7 Å². The Morgan fingerprint density at radius 2 is 2.38 bits per heavy atom. The molecule has 0 spiro atoms. The zero-order valence-electron chi connectivity index (χ0n) is 7.07. The average Bonchev–Trinajstić information content (AvgIpc) is 2.11. The van der Waals surface area contributed by atoms with Crippen LogP contribution in [0.3, 0.4) is 0 Å². The summed E-state index contributed by atoms with van der Waals surface area (Å²) in [6.07, 6.45) is 5.99. The first-order valence-corrected chi connectivity index (χ1v) is 4.71. The number of pyridine rings is 1. The van der Waals surface area contributed by atoms with Gasteiger partial charge < -0.3 is 10.8 Å². The summed E-state index contributed by atoms with van der Waals surface area (Å²) in [6.45, 7) is 0.151. The standard InChI is InChI=1S/C9H11BrN2O/c10-8-5-7(3-1-2-4-13)9(11)12-6-8/h1,3,5-6,13H,2,4H2,(H2,11,12). The second kappa shape index (κ2) is 4.99. The Morgan fingerprint density at radius 3 is 3.08 bits per heavy atom. The molecular weight excluding hydrogens is 232 g/mol. The number of nitrogens with zero attached hydrogens (tertiary/aromatic N) is 1. The van der Waals surface area contributed by atoms with Crippen LogP contribution in [0.25, 0.3) is 6.08 Å². The molecule has 1 aromatic heterocycles. The largest absolute Gasteiger partial charge is 0.396 e. The van der Waals surface area contributed by atoms with Gasteiger partial charge in [0.05, 0.1) is 0 Å². The molecule has 0 aliphatic rings. The molecule has 1 heterocycles. The molecule has 0 bridgehead atoms. The van der Waals surface area contributed by atoms with Crippen LogP contribution < -0.4 is 5.73 Å². The third-order valence-electron chi connectivity index (χ3n) is 1.51. The molecule has 0 aliphatic heterocycles. The third-order valence-corrected chi connectivity index (χ3v) is 1.94. The SMILES string of the molecule is Nc1ncc(Br)cc1C=CCCO. The van der Waals surface area contributed by atoms with E-state index in [2.05, 4.69) is 20.9 Å². The van der Waals surface area contributed by atoms with Crippen molar-refractivity contribution in [3.8, 4) is 0 Å². The van der Waals surface area contributed by atoms with Crippen molar-refractivity contribution in [2.24, 2.45) is 0 Å². The van der Waals surface area contributed by atoms with Gasteiger partial charge in [-0.2, -0.15) is 0 Å². The van der Waals surface area contributed by atoms with Crippen molar-refractivity contribution in [2.45, 2.75) is 6.42 Å². The lowest BCUT2D eigenvalue weighted by Crippen LogP contribution is -1.92. The highest BCUT2D eigenvalue weighted by Crippen LogP contribution is 2.16. The molecule has 4 heteroatoms. The Hall–Kier alpha value is -0.870. The van der Waals surface area contributed by atoms with Crippen LogP contribution in [0.2, 0.25) is 0 Å². The van der Waals surface area contributed by atoms with Crippen LogP contribution in [0.5, 0.6) is 0 Å². The van der Waals surface area contributed by atoms with Crippen LogP contribution in [0, 0.1) is 0 Å². The van der Waals surface area contributed by atoms with Gasteiger partial charge in [0.15, 0.2) is 0 Å². The Bertz CT molecular complexity index is 312. The summed E-state index contributed by atoms with van der Waals surface area (Å²) >= 11 is 3.30. The lowest BCUT2D eigenvalue weighted by Gasteiger charge is -1.98. The van der Waals surface area contributed by atoms with Crippen molar-refractivity contribution in [1.82, 2.24) is 4.98 Å². The molecule has 0 atom stereocenters. The van der Waals surface area contributed by atoms with Crippen LogP contribution >= 0.6 is 15.9 Å². The summed E-state index contributed by atoms with van der Waals surface area (Å²) in [6, 6.07) is 1.89. The first kappa shape index (κ1) is 10.2. The van der Waals surface area contributed by atoms with Crippen molar-refractivity contribution in [1.29, 1.82) is 0 Å². The number of nitrogens with two attached hydrogens (primary N) is 1. The van der Waals surface area contributed by atoms with E-state index in [4.69, 9.17) is 10.8 Å². The quantitative estimate of drug-likeness (QED) is 0.851. The lowest BCUT2D eigenvalue weighted by atomic mass is 10.2. The molecule has 0 fully saturated rings. The molecule has 0 saturated carbocycles. The Morgan fingerprint density at radius 1 is 1.62 bits per heavy atom. The normalized spacial score (nSPS) is 10.9. The summed E-state index contributed by atoms with van der Waals surface area (Å²) in [5.41, 5.74) is 6.49. The van der Waals surface area contributed by atoms with Gasteiger partial charge in [0, 0.05) is 22.8 Å². The van der Waals surface area contributed by atoms with E-state index in [1.807, 2.05) is 18.2 Å². The van der Waals surface area contributed by atoms with E-state index in [9.17, 15) is 0 Å². The molecule has 1 aromatic rings. The van der Waals surface area contributed by atoms with Gasteiger partial charge in [0.2, 0.25) is 0 Å². The number of aliphatic hydroxyl groups is 1. The van der Waals surface area contributed by atoms with Gasteiger partial charge in [0.1, 0.15) is 5.82 Å². The van der Waals surface area contributed by atoms with Gasteiger partial charge in [0.25, 0.3) is 0 Å². The number of anilines is 1. The Labute approximate surface area is 85.4 Å². The van der Waals surface area contributed by atoms with E-state index in [0.29, 0.717) is 12.2 Å². The van der Waals surface area contributed by atoms with E-state index < -0.39 is 0 Å². The molecule has 0 unspecified atom stereocenters. The molecule has 0 saturated heterocycles. The van der Waals surface area contributed by atoms with Crippen LogP contribution in [0.4, 0.5) is 5.82 Å². The van der Waals surface area contributed by atoms with Crippen molar-refractivity contribution >= 4 is 27.8 Å². The fourth-order valence-electron chi connectivity index (χ4n) is 0.884. The number of halogens is 1. The van der Waals surface area contributed by atoms with Crippen molar-refractivity contribution in [3.63, 3.8) is 0 Å². The molecule has 13 heavy (non-hydrogen) atoms. The maximum absolute atomic E-state index is 8.56. The molecular formula is C9H11BrN2O. The van der Waals surface area contributed by atoms with Crippen molar-refractivity contribution in [3.05, 3.63) is 28.4 Å². The number of nitrogen functional groups attached to an aromatic ring is 1. The second-order valence-corrected chi connectivity index (χ2v) is 3.46. The second-order valence-electron chi connectivity index (χ2n) is 2.54. The fraction of sp³-hybridized carbons (Fsp3) is 0.222. The number of rotatable bonds is 3. The number of hydrogen-bond acceptors (Lipinski definition) is 3. The monoisotopic (exact) mass is 242 g/mol. The van der Waals surface area contributed by atoms with Gasteiger partial charge in [-0.3, -0.25) is 0 Å². The van der Waals surface area contributed by atoms with Gasteiger partial charge in [-0.05, 0) is 28.4 Å². The maximum Gasteiger partial charge on any atom is 0.130 e. The van der Waals surface area contributed by atoms with E-state index >= 15 is 0 Å². The molecule has 3 nitrogen and oxygen atoms in total. The fourth-order valence-corrected chi connectivity index (χ4v) is 1.23. The molecule has 1 rings (SSSR count). The van der Waals surface area contributed by atoms with Crippen LogP contribution in [-0.2, 0) is 0 Å². The predicted octanol–water partition coefficient (Wildman–Crippen LogP) is 1.82. The number of aliphatic hydroxyl groups excluding tert-OH is 1. The molecule has 70 valence electrons. The topological polar surface area (TPSA) is 59.1 Å². The highest BCUT2D eigenvalue weighted by molar-refractivity contribution is 9.10. The number of aromatic nitrogens is 1. The minimum atomic E-state index is 0.151. The van der Waals surface area contributed by atoms with Crippen LogP contribution in [0.1, 0.15) is 12.0 Å². The highest BCUT2D eigenvalue weighted by atomic mass is 79.9. The van der Waals surface area contributed by atoms with E-state index in [0.717, 1.165) is 10.0 Å².